The minimum atomic E-state index is -0.170. The van der Waals surface area contributed by atoms with Crippen LogP contribution in [0.3, 0.4) is 0 Å². The van der Waals surface area contributed by atoms with E-state index in [1.807, 2.05) is 67.4 Å². The molecule has 5 heteroatoms. The van der Waals surface area contributed by atoms with E-state index in [1.54, 1.807) is 4.90 Å². The molecule has 0 aliphatic carbocycles. The number of piperidine rings is 1. The van der Waals surface area contributed by atoms with Crippen LogP contribution in [-0.2, 0) is 17.8 Å². The summed E-state index contributed by atoms with van der Waals surface area (Å²) in [5, 5.41) is 1.07. The molecule has 1 saturated heterocycles. The Bertz CT molecular complexity index is 1080. The highest BCUT2D eigenvalue weighted by molar-refractivity contribution is 5.94. The van der Waals surface area contributed by atoms with Gasteiger partial charge in [-0.25, -0.2) is 0 Å². The van der Waals surface area contributed by atoms with Gasteiger partial charge in [-0.3, -0.25) is 9.59 Å². The molecule has 2 aromatic carbocycles. The Morgan fingerprint density at radius 1 is 1.13 bits per heavy atom. The van der Waals surface area contributed by atoms with Crippen LogP contribution in [0.1, 0.15) is 47.0 Å². The third kappa shape index (κ3) is 4.36. The van der Waals surface area contributed by atoms with Crippen molar-refractivity contribution in [2.45, 2.75) is 39.7 Å². The number of carbonyl (C=O) groups is 2. The predicted molar refractivity (Wildman–Crippen MR) is 122 cm³/mol. The SMILES string of the molecule is CCc1oc2ccccc2c1CN(C)C(=O)C1CCCN(C(=O)c2ccc(C)cc2)C1. The molecule has 1 aliphatic heterocycles. The number of rotatable bonds is 5. The molecule has 1 fully saturated rings. The molecule has 2 amide bonds. The number of likely N-dealkylation sites (tertiary alicyclic amines) is 1. The van der Waals surface area contributed by atoms with E-state index >= 15 is 0 Å². The summed E-state index contributed by atoms with van der Waals surface area (Å²) in [6.07, 6.45) is 2.44. The van der Waals surface area contributed by atoms with Gasteiger partial charge < -0.3 is 14.2 Å². The lowest BCUT2D eigenvalue weighted by Gasteiger charge is -2.34. The zero-order chi connectivity index (χ0) is 22.0. The van der Waals surface area contributed by atoms with E-state index in [9.17, 15) is 9.59 Å². The van der Waals surface area contributed by atoms with Gasteiger partial charge in [0.25, 0.3) is 5.91 Å². The molecule has 1 unspecified atom stereocenters. The molecule has 0 spiro atoms. The number of carbonyl (C=O) groups excluding carboxylic acids is 2. The molecule has 5 nitrogen and oxygen atoms in total. The Labute approximate surface area is 183 Å². The molecule has 3 aromatic rings. The lowest BCUT2D eigenvalue weighted by atomic mass is 9.95. The van der Waals surface area contributed by atoms with Crippen molar-refractivity contribution in [1.29, 1.82) is 0 Å². The second kappa shape index (κ2) is 8.96. The average molecular weight is 419 g/mol. The molecule has 162 valence electrons. The molecule has 0 bridgehead atoms. The number of benzene rings is 2. The molecule has 1 aliphatic rings. The fourth-order valence-corrected chi connectivity index (χ4v) is 4.48. The van der Waals surface area contributed by atoms with Crippen LogP contribution < -0.4 is 0 Å². The summed E-state index contributed by atoms with van der Waals surface area (Å²) in [4.78, 5) is 29.8. The van der Waals surface area contributed by atoms with Gasteiger partial charge in [-0.1, -0.05) is 42.8 Å². The fourth-order valence-electron chi connectivity index (χ4n) is 4.48. The van der Waals surface area contributed by atoms with Gasteiger partial charge in [0.05, 0.1) is 5.92 Å². The first-order valence-corrected chi connectivity index (χ1v) is 11.1. The normalized spacial score (nSPS) is 16.5. The Hall–Kier alpha value is -3.08. The topological polar surface area (TPSA) is 53.8 Å². The first-order valence-electron chi connectivity index (χ1n) is 11.1. The second-order valence-corrected chi connectivity index (χ2v) is 8.50. The number of aryl methyl sites for hydroxylation is 2. The third-order valence-electron chi connectivity index (χ3n) is 6.23. The summed E-state index contributed by atoms with van der Waals surface area (Å²) in [5.41, 5.74) is 3.76. The molecular weight excluding hydrogens is 388 g/mol. The van der Waals surface area contributed by atoms with Gasteiger partial charge in [-0.05, 0) is 38.0 Å². The van der Waals surface area contributed by atoms with Crippen molar-refractivity contribution in [3.05, 3.63) is 71.0 Å². The van der Waals surface area contributed by atoms with Crippen molar-refractivity contribution in [1.82, 2.24) is 9.80 Å². The molecule has 31 heavy (non-hydrogen) atoms. The Balaban J connectivity index is 1.46. The van der Waals surface area contributed by atoms with Crippen molar-refractivity contribution < 1.29 is 14.0 Å². The van der Waals surface area contributed by atoms with Crippen molar-refractivity contribution >= 4 is 22.8 Å². The second-order valence-electron chi connectivity index (χ2n) is 8.50. The van der Waals surface area contributed by atoms with E-state index in [0.717, 1.165) is 47.1 Å². The number of para-hydroxylation sites is 1. The van der Waals surface area contributed by atoms with Crippen LogP contribution in [0.5, 0.6) is 0 Å². The number of nitrogens with zero attached hydrogens (tertiary/aromatic N) is 2. The van der Waals surface area contributed by atoms with Gasteiger partial charge in [-0.15, -0.1) is 0 Å². The number of hydrogen-bond donors (Lipinski definition) is 0. The van der Waals surface area contributed by atoms with Crippen LogP contribution in [0, 0.1) is 12.8 Å². The maximum atomic E-state index is 13.3. The van der Waals surface area contributed by atoms with Crippen molar-refractivity contribution in [3.63, 3.8) is 0 Å². The maximum Gasteiger partial charge on any atom is 0.253 e. The van der Waals surface area contributed by atoms with Crippen LogP contribution in [0.25, 0.3) is 11.0 Å². The fraction of sp³-hybridized carbons (Fsp3) is 0.385. The highest BCUT2D eigenvalue weighted by Gasteiger charge is 2.31. The number of fused-ring (bicyclic) bond motifs is 1. The lowest BCUT2D eigenvalue weighted by Crippen LogP contribution is -2.45. The van der Waals surface area contributed by atoms with Gasteiger partial charge in [0, 0.05) is 49.6 Å². The minimum absolute atomic E-state index is 0.00857. The van der Waals surface area contributed by atoms with Gasteiger partial charge in [-0.2, -0.15) is 0 Å². The van der Waals surface area contributed by atoms with E-state index < -0.39 is 0 Å². The monoisotopic (exact) mass is 418 g/mol. The zero-order valence-corrected chi connectivity index (χ0v) is 18.6. The molecule has 0 N–H and O–H groups in total. The summed E-state index contributed by atoms with van der Waals surface area (Å²) in [7, 11) is 1.85. The molecule has 1 aromatic heterocycles. The standard InChI is InChI=1S/C26H30N2O3/c1-4-23-22(21-9-5-6-10-24(21)31-23)17-27(3)25(29)20-8-7-15-28(16-20)26(30)19-13-11-18(2)12-14-19/h5-6,9-14,20H,4,7-8,15-17H2,1-3H3. The van der Waals surface area contributed by atoms with Crippen LogP contribution in [-0.4, -0.2) is 41.8 Å². The highest BCUT2D eigenvalue weighted by atomic mass is 16.3. The number of hydrogen-bond acceptors (Lipinski definition) is 3. The number of furan rings is 1. The molecule has 1 atom stereocenters. The minimum Gasteiger partial charge on any atom is -0.461 e. The molecule has 4 rings (SSSR count). The summed E-state index contributed by atoms with van der Waals surface area (Å²) in [6.45, 7) is 5.77. The van der Waals surface area contributed by atoms with Gasteiger partial charge >= 0.3 is 0 Å². The quantitative estimate of drug-likeness (QED) is 0.597. The first-order chi connectivity index (χ1) is 15.0. The summed E-state index contributed by atoms with van der Waals surface area (Å²) >= 11 is 0. The Morgan fingerprint density at radius 3 is 2.61 bits per heavy atom. The average Bonchev–Trinajstić information content (AvgIpc) is 3.16. The van der Waals surface area contributed by atoms with E-state index in [1.165, 1.54) is 0 Å². The smallest absolute Gasteiger partial charge is 0.253 e. The van der Waals surface area contributed by atoms with Crippen molar-refractivity contribution in [3.8, 4) is 0 Å². The lowest BCUT2D eigenvalue weighted by molar-refractivity contribution is -0.136. The Morgan fingerprint density at radius 2 is 1.87 bits per heavy atom. The van der Waals surface area contributed by atoms with Crippen molar-refractivity contribution in [2.75, 3.05) is 20.1 Å². The van der Waals surface area contributed by atoms with Crippen LogP contribution in [0.2, 0.25) is 0 Å². The van der Waals surface area contributed by atoms with Crippen LogP contribution in [0.15, 0.2) is 52.9 Å². The van der Waals surface area contributed by atoms with Gasteiger partial charge in [0.15, 0.2) is 0 Å². The predicted octanol–water partition coefficient (Wildman–Crippen LogP) is 4.81. The number of amides is 2. The van der Waals surface area contributed by atoms with Crippen molar-refractivity contribution in [2.24, 2.45) is 5.92 Å². The largest absolute Gasteiger partial charge is 0.461 e. The first kappa shape index (κ1) is 21.2. The molecular formula is C26H30N2O3. The summed E-state index contributed by atoms with van der Waals surface area (Å²) in [6, 6.07) is 15.6. The van der Waals surface area contributed by atoms with Crippen LogP contribution in [0.4, 0.5) is 0 Å². The van der Waals surface area contributed by atoms with E-state index in [0.29, 0.717) is 25.2 Å². The van der Waals surface area contributed by atoms with E-state index in [-0.39, 0.29) is 17.7 Å². The maximum absolute atomic E-state index is 13.3. The molecule has 0 radical (unpaired) electrons. The summed E-state index contributed by atoms with van der Waals surface area (Å²) < 4.78 is 5.99. The van der Waals surface area contributed by atoms with Crippen LogP contribution >= 0.6 is 0 Å². The third-order valence-corrected chi connectivity index (χ3v) is 6.23. The molecule has 2 heterocycles. The van der Waals surface area contributed by atoms with E-state index in [2.05, 4.69) is 6.92 Å². The zero-order valence-electron chi connectivity index (χ0n) is 18.6. The highest BCUT2D eigenvalue weighted by Crippen LogP contribution is 2.28. The summed E-state index contributed by atoms with van der Waals surface area (Å²) in [5.74, 6) is 0.861. The van der Waals surface area contributed by atoms with Gasteiger partial charge in [0.1, 0.15) is 11.3 Å². The van der Waals surface area contributed by atoms with Gasteiger partial charge in [0.2, 0.25) is 5.91 Å². The van der Waals surface area contributed by atoms with E-state index in [4.69, 9.17) is 4.42 Å². The molecule has 0 saturated carbocycles. The Kier molecular flexibility index (Phi) is 6.12.